The summed E-state index contributed by atoms with van der Waals surface area (Å²) in [5.74, 6) is 1.33. The largest absolute Gasteiger partial charge is 0.357 e. The van der Waals surface area contributed by atoms with Crippen LogP contribution in [-0.4, -0.2) is 22.0 Å². The Morgan fingerprint density at radius 2 is 1.61 bits per heavy atom. The van der Waals surface area contributed by atoms with Crippen LogP contribution >= 0.6 is 0 Å². The maximum atomic E-state index is 4.52. The fraction of sp³-hybridized carbons (Fsp3) is 0.167. The van der Waals surface area contributed by atoms with Gasteiger partial charge in [0.1, 0.15) is 5.82 Å². The Morgan fingerprint density at radius 1 is 0.913 bits per heavy atom. The van der Waals surface area contributed by atoms with Crippen molar-refractivity contribution in [3.8, 4) is 11.3 Å². The van der Waals surface area contributed by atoms with E-state index in [9.17, 15) is 0 Å². The first-order valence-corrected chi connectivity index (χ1v) is 7.48. The van der Waals surface area contributed by atoms with E-state index in [4.69, 9.17) is 0 Å². The van der Waals surface area contributed by atoms with Gasteiger partial charge in [0.25, 0.3) is 0 Å². The summed E-state index contributed by atoms with van der Waals surface area (Å²) in [6.45, 7) is 4.17. The number of hydrogen-bond donors (Lipinski definition) is 2. The number of para-hydroxylation sites is 1. The predicted octanol–water partition coefficient (Wildman–Crippen LogP) is 3.94. The summed E-state index contributed by atoms with van der Waals surface area (Å²) in [6.07, 6.45) is 3.52. The molecule has 0 aliphatic carbocycles. The van der Waals surface area contributed by atoms with Gasteiger partial charge in [0.15, 0.2) is 0 Å². The third-order valence-electron chi connectivity index (χ3n) is 3.66. The van der Waals surface area contributed by atoms with Crippen LogP contribution < -0.4 is 10.6 Å². The maximum absolute atomic E-state index is 4.52. The topological polar surface area (TPSA) is 62.7 Å². The van der Waals surface area contributed by atoms with Crippen LogP contribution in [0.5, 0.6) is 0 Å². The lowest BCUT2D eigenvalue weighted by Crippen LogP contribution is -2.03. The van der Waals surface area contributed by atoms with Gasteiger partial charge in [-0.05, 0) is 37.1 Å². The van der Waals surface area contributed by atoms with Crippen molar-refractivity contribution in [2.45, 2.75) is 13.8 Å². The maximum Gasteiger partial charge on any atom is 0.224 e. The zero-order valence-corrected chi connectivity index (χ0v) is 13.5. The average Bonchev–Trinajstić information content (AvgIpc) is 2.59. The number of aryl methyl sites for hydroxylation is 2. The quantitative estimate of drug-likeness (QED) is 0.764. The Kier molecular flexibility index (Phi) is 4.19. The molecular weight excluding hydrogens is 286 g/mol. The highest BCUT2D eigenvalue weighted by Crippen LogP contribution is 2.26. The van der Waals surface area contributed by atoms with Crippen LogP contribution in [0.3, 0.4) is 0 Å². The van der Waals surface area contributed by atoms with Crippen LogP contribution in [0.25, 0.3) is 11.3 Å². The van der Waals surface area contributed by atoms with Crippen LogP contribution in [0, 0.1) is 13.8 Å². The molecule has 0 unspecified atom stereocenters. The Hall–Kier alpha value is -2.95. The Bertz CT molecular complexity index is 795. The van der Waals surface area contributed by atoms with E-state index in [-0.39, 0.29) is 0 Å². The van der Waals surface area contributed by atoms with E-state index in [1.807, 2.05) is 25.2 Å². The lowest BCUT2D eigenvalue weighted by Gasteiger charge is -2.13. The van der Waals surface area contributed by atoms with Gasteiger partial charge in [0.05, 0.1) is 5.69 Å². The number of nitrogens with one attached hydrogen (secondary N) is 2. The van der Waals surface area contributed by atoms with Crippen molar-refractivity contribution in [2.24, 2.45) is 0 Å². The van der Waals surface area contributed by atoms with Gasteiger partial charge in [0, 0.05) is 36.8 Å². The van der Waals surface area contributed by atoms with E-state index >= 15 is 0 Å². The summed E-state index contributed by atoms with van der Waals surface area (Å²) in [5.41, 5.74) is 5.29. The Labute approximate surface area is 135 Å². The number of benzene rings is 1. The van der Waals surface area contributed by atoms with Crippen LogP contribution in [0.4, 0.5) is 17.5 Å². The van der Waals surface area contributed by atoms with Gasteiger partial charge in [-0.25, -0.2) is 4.98 Å². The van der Waals surface area contributed by atoms with E-state index in [0.717, 1.165) is 22.8 Å². The lowest BCUT2D eigenvalue weighted by molar-refractivity contribution is 1.15. The minimum atomic E-state index is 0.577. The fourth-order valence-corrected chi connectivity index (χ4v) is 2.43. The van der Waals surface area contributed by atoms with E-state index in [0.29, 0.717) is 5.95 Å². The minimum absolute atomic E-state index is 0.577. The summed E-state index contributed by atoms with van der Waals surface area (Å²) in [5, 5.41) is 6.43. The summed E-state index contributed by atoms with van der Waals surface area (Å²) in [4.78, 5) is 13.1. The molecular formula is C18H19N5. The summed E-state index contributed by atoms with van der Waals surface area (Å²) >= 11 is 0. The first-order chi connectivity index (χ1) is 11.2. The molecule has 5 nitrogen and oxygen atoms in total. The zero-order valence-electron chi connectivity index (χ0n) is 13.5. The number of rotatable bonds is 4. The average molecular weight is 305 g/mol. The fourth-order valence-electron chi connectivity index (χ4n) is 2.43. The van der Waals surface area contributed by atoms with Gasteiger partial charge in [-0.3, -0.25) is 4.98 Å². The molecule has 0 saturated heterocycles. The molecule has 0 aliphatic heterocycles. The first kappa shape index (κ1) is 15.0. The van der Waals surface area contributed by atoms with Gasteiger partial charge < -0.3 is 10.6 Å². The van der Waals surface area contributed by atoms with Crippen molar-refractivity contribution in [3.05, 3.63) is 59.9 Å². The van der Waals surface area contributed by atoms with Gasteiger partial charge in [0.2, 0.25) is 5.95 Å². The highest BCUT2D eigenvalue weighted by molar-refractivity contribution is 5.69. The Balaban J connectivity index is 2.03. The van der Waals surface area contributed by atoms with Crippen molar-refractivity contribution >= 4 is 17.5 Å². The van der Waals surface area contributed by atoms with Gasteiger partial charge in [-0.15, -0.1) is 0 Å². The third-order valence-corrected chi connectivity index (χ3v) is 3.66. The molecule has 116 valence electrons. The SMILES string of the molecule is CNc1nc(Nc2c(C)cccc2C)cc(-c2ccncc2)n1. The van der Waals surface area contributed by atoms with Crippen LogP contribution in [-0.2, 0) is 0 Å². The van der Waals surface area contributed by atoms with Crippen LogP contribution in [0.1, 0.15) is 11.1 Å². The van der Waals surface area contributed by atoms with E-state index < -0.39 is 0 Å². The summed E-state index contributed by atoms with van der Waals surface area (Å²) < 4.78 is 0. The molecule has 5 heteroatoms. The molecule has 0 bridgehead atoms. The molecule has 2 aromatic heterocycles. The molecule has 23 heavy (non-hydrogen) atoms. The molecule has 1 aromatic carbocycles. The number of pyridine rings is 1. The summed E-state index contributed by atoms with van der Waals surface area (Å²) in [7, 11) is 1.81. The second kappa shape index (κ2) is 6.44. The standard InChI is InChI=1S/C18H19N5/c1-12-5-4-6-13(2)17(12)22-16-11-15(21-18(19-3)23-16)14-7-9-20-10-8-14/h4-11H,1-3H3,(H2,19,21,22,23). The molecule has 0 radical (unpaired) electrons. The first-order valence-electron chi connectivity index (χ1n) is 7.48. The number of nitrogens with zero attached hydrogens (tertiary/aromatic N) is 3. The molecule has 0 atom stereocenters. The highest BCUT2D eigenvalue weighted by atomic mass is 15.1. The third kappa shape index (κ3) is 3.29. The number of anilines is 3. The zero-order chi connectivity index (χ0) is 16.2. The monoisotopic (exact) mass is 305 g/mol. The van der Waals surface area contributed by atoms with Crippen molar-refractivity contribution in [1.82, 2.24) is 15.0 Å². The molecule has 0 amide bonds. The molecule has 2 heterocycles. The van der Waals surface area contributed by atoms with Crippen molar-refractivity contribution < 1.29 is 0 Å². The van der Waals surface area contributed by atoms with Gasteiger partial charge in [-0.1, -0.05) is 18.2 Å². The van der Waals surface area contributed by atoms with Gasteiger partial charge in [-0.2, -0.15) is 4.98 Å². The van der Waals surface area contributed by atoms with Crippen molar-refractivity contribution in [3.63, 3.8) is 0 Å². The molecule has 0 fully saturated rings. The van der Waals surface area contributed by atoms with E-state index in [2.05, 4.69) is 57.6 Å². The number of aromatic nitrogens is 3. The predicted molar refractivity (Wildman–Crippen MR) is 94.0 cm³/mol. The lowest BCUT2D eigenvalue weighted by atomic mass is 10.1. The smallest absolute Gasteiger partial charge is 0.224 e. The number of hydrogen-bond acceptors (Lipinski definition) is 5. The second-order valence-corrected chi connectivity index (χ2v) is 5.34. The van der Waals surface area contributed by atoms with Crippen molar-refractivity contribution in [2.75, 3.05) is 17.7 Å². The van der Waals surface area contributed by atoms with E-state index in [1.54, 1.807) is 12.4 Å². The van der Waals surface area contributed by atoms with Crippen LogP contribution in [0.15, 0.2) is 48.8 Å². The molecule has 0 spiro atoms. The highest BCUT2D eigenvalue weighted by Gasteiger charge is 2.08. The Morgan fingerprint density at radius 3 is 2.26 bits per heavy atom. The van der Waals surface area contributed by atoms with E-state index in [1.165, 1.54) is 11.1 Å². The van der Waals surface area contributed by atoms with Gasteiger partial charge >= 0.3 is 0 Å². The molecule has 3 rings (SSSR count). The minimum Gasteiger partial charge on any atom is -0.357 e. The molecule has 0 aliphatic rings. The summed E-state index contributed by atoms with van der Waals surface area (Å²) in [6, 6.07) is 12.0. The molecule has 2 N–H and O–H groups in total. The second-order valence-electron chi connectivity index (χ2n) is 5.34. The van der Waals surface area contributed by atoms with Crippen LogP contribution in [0.2, 0.25) is 0 Å². The normalized spacial score (nSPS) is 10.4. The molecule has 3 aromatic rings. The molecule has 0 saturated carbocycles. The van der Waals surface area contributed by atoms with Crippen molar-refractivity contribution in [1.29, 1.82) is 0 Å².